The normalized spacial score (nSPS) is 14.2. The zero-order valence-corrected chi connectivity index (χ0v) is 15.0. The summed E-state index contributed by atoms with van der Waals surface area (Å²) in [5, 5.41) is 2.89. The van der Waals surface area contributed by atoms with Crippen LogP contribution in [-0.4, -0.2) is 37.1 Å². The number of hydrogen-bond donors (Lipinski definition) is 1. The number of likely N-dealkylation sites (N-methyl/N-ethyl adjacent to an activating group) is 1. The van der Waals surface area contributed by atoms with Crippen LogP contribution >= 0.6 is 0 Å². The van der Waals surface area contributed by atoms with Gasteiger partial charge in [0.1, 0.15) is 19.0 Å². The van der Waals surface area contributed by atoms with E-state index in [1.807, 2.05) is 37.1 Å². The summed E-state index contributed by atoms with van der Waals surface area (Å²) in [6.07, 6.45) is 0. The van der Waals surface area contributed by atoms with E-state index in [0.717, 1.165) is 22.6 Å². The summed E-state index contributed by atoms with van der Waals surface area (Å²) in [6.45, 7) is 3.97. The van der Waals surface area contributed by atoms with E-state index in [0.29, 0.717) is 26.3 Å². The second-order valence-electron chi connectivity index (χ2n) is 6.41. The Hall–Kier alpha value is -2.60. The smallest absolute Gasteiger partial charge is 0.237 e. The van der Waals surface area contributed by atoms with E-state index in [2.05, 4.69) is 5.32 Å². The molecule has 2 aromatic rings. The van der Waals surface area contributed by atoms with Crippen molar-refractivity contribution >= 4 is 5.91 Å². The fraction of sp³-hybridized carbons (Fsp3) is 0.350. The molecule has 1 aliphatic heterocycles. The lowest BCUT2D eigenvalue weighted by Crippen LogP contribution is -2.42. The molecule has 26 heavy (non-hydrogen) atoms. The van der Waals surface area contributed by atoms with Crippen LogP contribution in [0.1, 0.15) is 18.1 Å². The van der Waals surface area contributed by atoms with Gasteiger partial charge in [-0.25, -0.2) is 4.39 Å². The van der Waals surface area contributed by atoms with Gasteiger partial charge in [-0.15, -0.1) is 0 Å². The van der Waals surface area contributed by atoms with Crippen LogP contribution in [0.15, 0.2) is 42.5 Å². The minimum atomic E-state index is -0.302. The third-order valence-electron chi connectivity index (χ3n) is 4.46. The zero-order chi connectivity index (χ0) is 18.5. The van der Waals surface area contributed by atoms with Crippen LogP contribution in [0.25, 0.3) is 0 Å². The molecule has 0 unspecified atom stereocenters. The molecule has 0 fully saturated rings. The van der Waals surface area contributed by atoms with Gasteiger partial charge in [-0.1, -0.05) is 18.2 Å². The first kappa shape index (κ1) is 18.2. The van der Waals surface area contributed by atoms with Gasteiger partial charge in [-0.05, 0) is 49.4 Å². The number of amides is 1. The number of benzene rings is 2. The molecule has 6 heteroatoms. The van der Waals surface area contributed by atoms with Gasteiger partial charge in [-0.2, -0.15) is 0 Å². The number of halogens is 1. The Kier molecular flexibility index (Phi) is 5.73. The van der Waals surface area contributed by atoms with E-state index < -0.39 is 0 Å². The summed E-state index contributed by atoms with van der Waals surface area (Å²) in [4.78, 5) is 14.3. The third-order valence-corrected chi connectivity index (χ3v) is 4.46. The molecule has 1 N–H and O–H groups in total. The lowest BCUT2D eigenvalue weighted by molar-refractivity contribution is -0.125. The maximum atomic E-state index is 12.9. The van der Waals surface area contributed by atoms with Crippen LogP contribution in [0.5, 0.6) is 11.5 Å². The first-order valence-electron chi connectivity index (χ1n) is 8.64. The lowest BCUT2D eigenvalue weighted by Gasteiger charge is -2.25. The predicted molar refractivity (Wildman–Crippen MR) is 96.6 cm³/mol. The molecule has 1 heterocycles. The Labute approximate surface area is 152 Å². The van der Waals surface area contributed by atoms with Crippen molar-refractivity contribution in [2.75, 3.05) is 20.3 Å². The van der Waals surface area contributed by atoms with Crippen molar-refractivity contribution in [1.29, 1.82) is 0 Å². The Morgan fingerprint density at radius 2 is 1.77 bits per heavy atom. The second kappa shape index (κ2) is 8.19. The predicted octanol–water partition coefficient (Wildman–Crippen LogP) is 2.73. The first-order valence-corrected chi connectivity index (χ1v) is 8.64. The number of carbonyl (C=O) groups excluding carboxylic acids is 1. The molecule has 138 valence electrons. The molecule has 0 aromatic heterocycles. The van der Waals surface area contributed by atoms with Gasteiger partial charge < -0.3 is 14.8 Å². The van der Waals surface area contributed by atoms with E-state index in [1.54, 1.807) is 12.1 Å². The van der Waals surface area contributed by atoms with Crippen molar-refractivity contribution in [2.24, 2.45) is 0 Å². The highest BCUT2D eigenvalue weighted by atomic mass is 19.1. The van der Waals surface area contributed by atoms with E-state index in [9.17, 15) is 9.18 Å². The highest BCUT2D eigenvalue weighted by Gasteiger charge is 2.19. The van der Waals surface area contributed by atoms with Crippen LogP contribution in [-0.2, 0) is 17.9 Å². The molecule has 2 aromatic carbocycles. The number of nitrogens with one attached hydrogen (secondary N) is 1. The third kappa shape index (κ3) is 4.52. The van der Waals surface area contributed by atoms with Crippen molar-refractivity contribution < 1.29 is 18.7 Å². The lowest BCUT2D eigenvalue weighted by atomic mass is 10.1. The van der Waals surface area contributed by atoms with Gasteiger partial charge >= 0.3 is 0 Å². The average molecular weight is 358 g/mol. The molecule has 5 nitrogen and oxygen atoms in total. The van der Waals surface area contributed by atoms with Crippen LogP contribution in [0.4, 0.5) is 4.39 Å². The molecule has 0 radical (unpaired) electrons. The topological polar surface area (TPSA) is 50.8 Å². The Bertz CT molecular complexity index is 764. The van der Waals surface area contributed by atoms with Gasteiger partial charge in [0, 0.05) is 13.1 Å². The van der Waals surface area contributed by atoms with E-state index in [1.165, 1.54) is 12.1 Å². The zero-order valence-electron chi connectivity index (χ0n) is 15.0. The van der Waals surface area contributed by atoms with Gasteiger partial charge in [-0.3, -0.25) is 9.69 Å². The number of ether oxygens (including phenoxy) is 2. The molecule has 0 saturated heterocycles. The summed E-state index contributed by atoms with van der Waals surface area (Å²) in [6, 6.07) is 11.6. The Morgan fingerprint density at radius 1 is 1.12 bits per heavy atom. The molecule has 0 aliphatic carbocycles. The monoisotopic (exact) mass is 358 g/mol. The summed E-state index contributed by atoms with van der Waals surface area (Å²) < 4.78 is 24.0. The maximum Gasteiger partial charge on any atom is 0.237 e. The fourth-order valence-electron chi connectivity index (χ4n) is 2.75. The highest BCUT2D eigenvalue weighted by molar-refractivity contribution is 5.81. The molecule has 0 bridgehead atoms. The molecule has 1 amide bonds. The molecule has 1 aliphatic rings. The van der Waals surface area contributed by atoms with Gasteiger partial charge in [0.15, 0.2) is 11.5 Å². The fourth-order valence-corrected chi connectivity index (χ4v) is 2.75. The molecular weight excluding hydrogens is 335 g/mol. The summed E-state index contributed by atoms with van der Waals surface area (Å²) in [5.74, 6) is 1.14. The van der Waals surface area contributed by atoms with Crippen molar-refractivity contribution in [3.05, 3.63) is 59.4 Å². The van der Waals surface area contributed by atoms with Crippen molar-refractivity contribution in [1.82, 2.24) is 10.2 Å². The van der Waals surface area contributed by atoms with Gasteiger partial charge in [0.2, 0.25) is 5.91 Å². The molecular formula is C20H23FN2O3. The van der Waals surface area contributed by atoms with Crippen molar-refractivity contribution in [3.8, 4) is 11.5 Å². The average Bonchev–Trinajstić information content (AvgIpc) is 2.66. The number of rotatable bonds is 6. The van der Waals surface area contributed by atoms with Crippen molar-refractivity contribution in [3.63, 3.8) is 0 Å². The highest BCUT2D eigenvalue weighted by Crippen LogP contribution is 2.31. The molecule has 0 spiro atoms. The number of fused-ring (bicyclic) bond motifs is 1. The van der Waals surface area contributed by atoms with Gasteiger partial charge in [0.05, 0.1) is 6.04 Å². The largest absolute Gasteiger partial charge is 0.486 e. The summed E-state index contributed by atoms with van der Waals surface area (Å²) in [7, 11) is 1.90. The number of hydrogen-bond acceptors (Lipinski definition) is 4. The number of nitrogens with zero attached hydrogens (tertiary/aromatic N) is 1. The molecule has 0 saturated carbocycles. The van der Waals surface area contributed by atoms with Crippen LogP contribution in [0.2, 0.25) is 0 Å². The summed E-state index contributed by atoms with van der Waals surface area (Å²) in [5.41, 5.74) is 1.91. The maximum absolute atomic E-state index is 12.9. The first-order chi connectivity index (χ1) is 12.5. The van der Waals surface area contributed by atoms with E-state index >= 15 is 0 Å². The minimum absolute atomic E-state index is 0.0747. The van der Waals surface area contributed by atoms with E-state index in [4.69, 9.17) is 9.47 Å². The molecule has 3 rings (SSSR count). The Balaban J connectivity index is 1.54. The van der Waals surface area contributed by atoms with Crippen molar-refractivity contribution in [2.45, 2.75) is 26.1 Å². The quantitative estimate of drug-likeness (QED) is 0.863. The molecule has 1 atom stereocenters. The standard InChI is InChI=1S/C20H23FN2O3/c1-14(20(24)22-12-15-3-6-17(21)7-4-15)23(2)13-16-5-8-18-19(11-16)26-10-9-25-18/h3-8,11,14H,9-10,12-13H2,1-2H3,(H,22,24)/t14-/m1/s1. The summed E-state index contributed by atoms with van der Waals surface area (Å²) >= 11 is 0. The SMILES string of the molecule is C[C@H](C(=O)NCc1ccc(F)cc1)N(C)Cc1ccc2c(c1)OCCO2. The minimum Gasteiger partial charge on any atom is -0.486 e. The van der Waals surface area contributed by atoms with E-state index in [-0.39, 0.29) is 17.8 Å². The Morgan fingerprint density at radius 3 is 2.50 bits per heavy atom. The van der Waals surface area contributed by atoms with Crippen LogP contribution in [0, 0.1) is 5.82 Å². The van der Waals surface area contributed by atoms with Crippen LogP contribution < -0.4 is 14.8 Å². The van der Waals surface area contributed by atoms with Crippen LogP contribution in [0.3, 0.4) is 0 Å². The van der Waals surface area contributed by atoms with Gasteiger partial charge in [0.25, 0.3) is 0 Å². The number of carbonyl (C=O) groups is 1. The second-order valence-corrected chi connectivity index (χ2v) is 6.41.